The van der Waals surface area contributed by atoms with E-state index >= 15 is 0 Å². The van der Waals surface area contributed by atoms with Gasteiger partial charge in [-0.25, -0.2) is 10.6 Å². The van der Waals surface area contributed by atoms with Crippen LogP contribution in [0.15, 0.2) is 0 Å². The van der Waals surface area contributed by atoms with E-state index in [0.29, 0.717) is 6.42 Å². The quantitative estimate of drug-likeness (QED) is 0.164. The standard InChI is InChI=1S/C11H21N3O6/c1-8(15)19-6-9(7-20-11(17)13-2)18-5-3-4-10(16)14-12/h9H,3-7,12H2,1-2H3,(H,13,17)(H,14,16). The first-order chi connectivity index (χ1) is 9.49. The summed E-state index contributed by atoms with van der Waals surface area (Å²) >= 11 is 0. The molecule has 0 aromatic heterocycles. The van der Waals surface area contributed by atoms with Crippen molar-refractivity contribution in [3.05, 3.63) is 0 Å². The number of rotatable bonds is 9. The van der Waals surface area contributed by atoms with Crippen molar-refractivity contribution in [3.63, 3.8) is 0 Å². The molecule has 9 nitrogen and oxygen atoms in total. The van der Waals surface area contributed by atoms with E-state index in [0.717, 1.165) is 0 Å². The maximum Gasteiger partial charge on any atom is 0.406 e. The highest BCUT2D eigenvalue weighted by Gasteiger charge is 2.14. The van der Waals surface area contributed by atoms with Gasteiger partial charge in [0.2, 0.25) is 5.91 Å². The highest BCUT2D eigenvalue weighted by Crippen LogP contribution is 1.99. The van der Waals surface area contributed by atoms with E-state index in [4.69, 9.17) is 20.1 Å². The normalized spacial score (nSPS) is 11.3. The fraction of sp³-hybridized carbons (Fsp3) is 0.727. The Hall–Kier alpha value is -1.87. The van der Waals surface area contributed by atoms with Crippen molar-refractivity contribution >= 4 is 18.0 Å². The predicted molar refractivity (Wildman–Crippen MR) is 68.3 cm³/mol. The van der Waals surface area contributed by atoms with E-state index in [1.165, 1.54) is 14.0 Å². The lowest BCUT2D eigenvalue weighted by molar-refractivity contribution is -0.146. The van der Waals surface area contributed by atoms with Gasteiger partial charge in [-0.05, 0) is 6.42 Å². The van der Waals surface area contributed by atoms with Crippen LogP contribution in [0.4, 0.5) is 4.79 Å². The van der Waals surface area contributed by atoms with Crippen molar-refractivity contribution in [2.24, 2.45) is 5.84 Å². The van der Waals surface area contributed by atoms with E-state index in [9.17, 15) is 14.4 Å². The molecule has 0 saturated carbocycles. The predicted octanol–water partition coefficient (Wildman–Crippen LogP) is -0.939. The maximum absolute atomic E-state index is 10.9. The second kappa shape index (κ2) is 11.0. The summed E-state index contributed by atoms with van der Waals surface area (Å²) in [6, 6.07) is 0. The van der Waals surface area contributed by atoms with E-state index in [1.807, 2.05) is 5.43 Å². The topological polar surface area (TPSA) is 129 Å². The van der Waals surface area contributed by atoms with Gasteiger partial charge in [-0.2, -0.15) is 0 Å². The van der Waals surface area contributed by atoms with Crippen LogP contribution in [0.5, 0.6) is 0 Å². The van der Waals surface area contributed by atoms with Crippen LogP contribution in [0.2, 0.25) is 0 Å². The van der Waals surface area contributed by atoms with Crippen LogP contribution in [0, 0.1) is 0 Å². The lowest BCUT2D eigenvalue weighted by Gasteiger charge is -2.17. The molecule has 0 spiro atoms. The van der Waals surface area contributed by atoms with Gasteiger partial charge in [0.05, 0.1) is 0 Å². The number of ether oxygens (including phenoxy) is 3. The van der Waals surface area contributed by atoms with Gasteiger partial charge in [0.1, 0.15) is 19.3 Å². The van der Waals surface area contributed by atoms with Crippen molar-refractivity contribution in [1.82, 2.24) is 10.7 Å². The fourth-order valence-corrected chi connectivity index (χ4v) is 1.15. The third kappa shape index (κ3) is 10.1. The smallest absolute Gasteiger partial charge is 0.406 e. The number of carbonyl (C=O) groups excluding carboxylic acids is 3. The Morgan fingerprint density at radius 2 is 1.85 bits per heavy atom. The molecule has 0 aromatic carbocycles. The molecule has 0 fully saturated rings. The SMILES string of the molecule is CNC(=O)OCC(COC(C)=O)OCCCC(=O)NN. The zero-order valence-corrected chi connectivity index (χ0v) is 11.6. The summed E-state index contributed by atoms with van der Waals surface area (Å²) in [6.07, 6.45) is -0.534. The summed E-state index contributed by atoms with van der Waals surface area (Å²) in [4.78, 5) is 32.6. The Morgan fingerprint density at radius 3 is 2.40 bits per heavy atom. The number of hydrogen-bond donors (Lipinski definition) is 3. The molecule has 0 bridgehead atoms. The summed E-state index contributed by atoms with van der Waals surface area (Å²) in [7, 11) is 1.43. The number of nitrogens with one attached hydrogen (secondary N) is 2. The Kier molecular flexibility index (Phi) is 9.97. The minimum absolute atomic E-state index is 0.0323. The van der Waals surface area contributed by atoms with Gasteiger partial charge >= 0.3 is 12.1 Å². The minimum atomic E-state index is -0.607. The first kappa shape index (κ1) is 18.1. The summed E-state index contributed by atoms with van der Waals surface area (Å²) in [6.45, 7) is 1.42. The first-order valence-corrected chi connectivity index (χ1v) is 6.08. The molecule has 0 heterocycles. The zero-order chi connectivity index (χ0) is 15.4. The molecule has 0 saturated heterocycles. The number of nitrogens with two attached hydrogens (primary N) is 1. The summed E-state index contributed by atoms with van der Waals surface area (Å²) in [5.41, 5.74) is 2.00. The van der Waals surface area contributed by atoms with Gasteiger partial charge in [-0.3, -0.25) is 15.0 Å². The molecule has 0 rings (SSSR count). The number of amides is 2. The minimum Gasteiger partial charge on any atom is -0.463 e. The molecule has 1 atom stereocenters. The molecule has 1 unspecified atom stereocenters. The second-order valence-electron chi connectivity index (χ2n) is 3.81. The van der Waals surface area contributed by atoms with E-state index < -0.39 is 18.2 Å². The van der Waals surface area contributed by atoms with Gasteiger partial charge in [-0.1, -0.05) is 0 Å². The average Bonchev–Trinajstić information content (AvgIpc) is 2.44. The molecular weight excluding hydrogens is 270 g/mol. The van der Waals surface area contributed by atoms with Gasteiger partial charge < -0.3 is 19.5 Å². The van der Waals surface area contributed by atoms with Crippen molar-refractivity contribution in [2.45, 2.75) is 25.9 Å². The molecule has 20 heavy (non-hydrogen) atoms. The molecule has 0 aliphatic rings. The second-order valence-corrected chi connectivity index (χ2v) is 3.81. The van der Waals surface area contributed by atoms with Crippen molar-refractivity contribution in [3.8, 4) is 0 Å². The number of hydrogen-bond acceptors (Lipinski definition) is 7. The summed E-state index contributed by atoms with van der Waals surface area (Å²) in [5.74, 6) is 4.17. The molecule has 2 amide bonds. The third-order valence-corrected chi connectivity index (χ3v) is 2.14. The van der Waals surface area contributed by atoms with E-state index in [2.05, 4.69) is 5.32 Å². The number of carbonyl (C=O) groups is 3. The van der Waals surface area contributed by atoms with Gasteiger partial charge in [-0.15, -0.1) is 0 Å². The van der Waals surface area contributed by atoms with Crippen molar-refractivity contribution in [1.29, 1.82) is 0 Å². The fourth-order valence-electron chi connectivity index (χ4n) is 1.15. The Balaban J connectivity index is 4.00. The molecular formula is C11H21N3O6. The number of alkyl carbamates (subject to hydrolysis) is 1. The van der Waals surface area contributed by atoms with Crippen LogP contribution in [0.25, 0.3) is 0 Å². The van der Waals surface area contributed by atoms with E-state index in [1.54, 1.807) is 0 Å². The molecule has 0 aliphatic carbocycles. The van der Waals surface area contributed by atoms with Crippen LogP contribution >= 0.6 is 0 Å². The van der Waals surface area contributed by atoms with Crippen LogP contribution in [-0.2, 0) is 23.8 Å². The van der Waals surface area contributed by atoms with Crippen LogP contribution < -0.4 is 16.6 Å². The Morgan fingerprint density at radius 1 is 1.20 bits per heavy atom. The molecule has 4 N–H and O–H groups in total. The van der Waals surface area contributed by atoms with Gasteiger partial charge in [0.15, 0.2) is 0 Å². The largest absolute Gasteiger partial charge is 0.463 e. The first-order valence-electron chi connectivity index (χ1n) is 6.08. The number of esters is 1. The van der Waals surface area contributed by atoms with Crippen molar-refractivity contribution in [2.75, 3.05) is 26.9 Å². The van der Waals surface area contributed by atoms with Crippen LogP contribution in [-0.4, -0.2) is 50.9 Å². The monoisotopic (exact) mass is 291 g/mol. The third-order valence-electron chi connectivity index (χ3n) is 2.14. The zero-order valence-electron chi connectivity index (χ0n) is 11.6. The van der Waals surface area contributed by atoms with Gasteiger partial charge in [0, 0.05) is 27.0 Å². The lowest BCUT2D eigenvalue weighted by Crippen LogP contribution is -2.32. The lowest BCUT2D eigenvalue weighted by atomic mass is 10.3. The average molecular weight is 291 g/mol. The molecule has 0 aromatic rings. The Labute approximate surface area is 117 Å². The van der Waals surface area contributed by atoms with Crippen molar-refractivity contribution < 1.29 is 28.6 Å². The highest BCUT2D eigenvalue weighted by atomic mass is 16.6. The molecule has 0 aliphatic heterocycles. The highest BCUT2D eigenvalue weighted by molar-refractivity contribution is 5.75. The van der Waals surface area contributed by atoms with E-state index in [-0.39, 0.29) is 32.1 Å². The Bertz CT molecular complexity index is 323. The molecule has 116 valence electrons. The maximum atomic E-state index is 10.9. The van der Waals surface area contributed by atoms with Gasteiger partial charge in [0.25, 0.3) is 0 Å². The van der Waals surface area contributed by atoms with Crippen LogP contribution in [0.1, 0.15) is 19.8 Å². The number of hydrazine groups is 1. The molecule has 9 heteroatoms. The van der Waals surface area contributed by atoms with Crippen LogP contribution in [0.3, 0.4) is 0 Å². The summed E-state index contributed by atoms with van der Waals surface area (Å²) in [5, 5.41) is 2.28. The summed E-state index contributed by atoms with van der Waals surface area (Å²) < 4.78 is 15.0. The molecule has 0 radical (unpaired) electrons.